The second-order valence-corrected chi connectivity index (χ2v) is 9.81. The molecule has 9 heteroatoms. The van der Waals surface area contributed by atoms with E-state index in [1.807, 2.05) is 42.7 Å². The normalized spacial score (nSPS) is 16.4. The molecule has 3 aromatic heterocycles. The lowest BCUT2D eigenvalue weighted by molar-refractivity contribution is 0.102. The van der Waals surface area contributed by atoms with Gasteiger partial charge in [0.25, 0.3) is 5.91 Å². The molecular weight excluding hydrogens is 494 g/mol. The molecule has 1 saturated heterocycles. The smallest absolute Gasteiger partial charge is 0.258 e. The highest BCUT2D eigenvalue weighted by molar-refractivity contribution is 9.10. The zero-order chi connectivity index (χ0) is 23.7. The molecule has 1 atom stereocenters. The Hall–Kier alpha value is -3.17. The molecule has 2 N–H and O–H groups in total. The number of piperidine rings is 1. The van der Waals surface area contributed by atoms with Gasteiger partial charge >= 0.3 is 0 Å². The van der Waals surface area contributed by atoms with Crippen LogP contribution in [0.3, 0.4) is 0 Å². The Balaban J connectivity index is 1.40. The third-order valence-corrected chi connectivity index (χ3v) is 6.98. The third-order valence-electron chi connectivity index (χ3n) is 6.40. The number of aromatic nitrogens is 4. The number of benzene rings is 1. The first-order valence-corrected chi connectivity index (χ1v) is 12.2. The maximum Gasteiger partial charge on any atom is 0.258 e. The number of fused-ring (bicyclic) bond motifs is 1. The zero-order valence-corrected chi connectivity index (χ0v) is 20.9. The van der Waals surface area contributed by atoms with Crippen molar-refractivity contribution in [1.82, 2.24) is 24.6 Å². The lowest BCUT2D eigenvalue weighted by Gasteiger charge is -2.38. The van der Waals surface area contributed by atoms with E-state index < -0.39 is 0 Å². The molecule has 4 heterocycles. The Morgan fingerprint density at radius 2 is 2.09 bits per heavy atom. The Labute approximate surface area is 207 Å². The van der Waals surface area contributed by atoms with E-state index in [2.05, 4.69) is 60.2 Å². The fourth-order valence-electron chi connectivity index (χ4n) is 4.58. The first kappa shape index (κ1) is 22.6. The van der Waals surface area contributed by atoms with E-state index in [0.717, 1.165) is 46.3 Å². The summed E-state index contributed by atoms with van der Waals surface area (Å²) in [5.41, 5.74) is 4.17. The quantitative estimate of drug-likeness (QED) is 0.394. The predicted octanol–water partition coefficient (Wildman–Crippen LogP) is 4.35. The number of H-pyrrole nitrogens is 1. The van der Waals surface area contributed by atoms with Gasteiger partial charge in [0.05, 0.1) is 39.5 Å². The van der Waals surface area contributed by atoms with Gasteiger partial charge in [-0.15, -0.1) is 0 Å². The largest absolute Gasteiger partial charge is 0.368 e. The monoisotopic (exact) mass is 521 g/mol. The van der Waals surface area contributed by atoms with Gasteiger partial charge in [-0.1, -0.05) is 30.3 Å². The molecule has 5 rings (SSSR count). The summed E-state index contributed by atoms with van der Waals surface area (Å²) in [5, 5.41) is 8.36. The minimum Gasteiger partial charge on any atom is -0.368 e. The summed E-state index contributed by atoms with van der Waals surface area (Å²) < 4.78 is 2.70. The summed E-state index contributed by atoms with van der Waals surface area (Å²) in [6.45, 7) is 2.51. The van der Waals surface area contributed by atoms with Gasteiger partial charge in [-0.25, -0.2) is 4.98 Å². The van der Waals surface area contributed by atoms with Gasteiger partial charge in [-0.2, -0.15) is 5.10 Å². The van der Waals surface area contributed by atoms with Crippen LogP contribution < -0.4 is 10.2 Å². The summed E-state index contributed by atoms with van der Waals surface area (Å²) in [4.78, 5) is 25.5. The number of rotatable bonds is 6. The van der Waals surface area contributed by atoms with Crippen LogP contribution in [-0.2, 0) is 6.54 Å². The second-order valence-electron chi connectivity index (χ2n) is 8.95. The Kier molecular flexibility index (Phi) is 6.38. The number of hydrogen-bond acceptors (Lipinski definition) is 5. The highest BCUT2D eigenvalue weighted by Gasteiger charge is 2.26. The van der Waals surface area contributed by atoms with E-state index in [-0.39, 0.29) is 5.91 Å². The molecule has 176 valence electrons. The topological polar surface area (TPSA) is 82.1 Å². The van der Waals surface area contributed by atoms with Crippen LogP contribution in [0.4, 0.5) is 11.4 Å². The molecule has 0 aliphatic carbocycles. The van der Waals surface area contributed by atoms with E-state index in [9.17, 15) is 4.79 Å². The Morgan fingerprint density at radius 1 is 1.26 bits per heavy atom. The predicted molar refractivity (Wildman–Crippen MR) is 138 cm³/mol. The number of hydrogen-bond donors (Lipinski definition) is 2. The number of amides is 1. The van der Waals surface area contributed by atoms with E-state index >= 15 is 0 Å². The van der Waals surface area contributed by atoms with E-state index in [1.54, 1.807) is 17.1 Å². The number of anilines is 2. The molecule has 0 spiro atoms. The van der Waals surface area contributed by atoms with Crippen molar-refractivity contribution in [2.75, 3.05) is 37.4 Å². The van der Waals surface area contributed by atoms with E-state index in [4.69, 9.17) is 0 Å². The molecule has 1 aliphatic rings. The molecule has 1 fully saturated rings. The summed E-state index contributed by atoms with van der Waals surface area (Å²) in [7, 11) is 4.26. The Bertz CT molecular complexity index is 1300. The van der Waals surface area contributed by atoms with Gasteiger partial charge in [-0.05, 0) is 48.4 Å². The lowest BCUT2D eigenvalue weighted by atomic mass is 10.0. The molecule has 0 saturated carbocycles. The van der Waals surface area contributed by atoms with Crippen molar-refractivity contribution in [3.63, 3.8) is 0 Å². The van der Waals surface area contributed by atoms with Crippen LogP contribution in [0.1, 0.15) is 28.8 Å². The highest BCUT2D eigenvalue weighted by Crippen LogP contribution is 2.39. The van der Waals surface area contributed by atoms with Gasteiger partial charge in [0.2, 0.25) is 0 Å². The van der Waals surface area contributed by atoms with Crippen LogP contribution >= 0.6 is 15.9 Å². The number of pyridine rings is 1. The molecular formula is C25H28BrN7O. The number of nitrogens with one attached hydrogen (secondary N) is 2. The molecule has 1 unspecified atom stereocenters. The molecule has 1 aromatic carbocycles. The van der Waals surface area contributed by atoms with Crippen molar-refractivity contribution >= 4 is 44.2 Å². The number of halogens is 1. The summed E-state index contributed by atoms with van der Waals surface area (Å²) in [6.07, 6.45) is 9.32. The van der Waals surface area contributed by atoms with Crippen LogP contribution in [0, 0.1) is 0 Å². The van der Waals surface area contributed by atoms with Crippen molar-refractivity contribution in [2.24, 2.45) is 0 Å². The molecule has 4 aromatic rings. The van der Waals surface area contributed by atoms with Gasteiger partial charge in [0.15, 0.2) is 0 Å². The maximum absolute atomic E-state index is 13.1. The molecule has 1 aliphatic heterocycles. The SMILES string of the molecule is CN(C)C1CCCN(c2c(Br)cnc3[nH]cc(NC(=O)c4cnn(Cc5ccccc5)c4)c23)C1. The van der Waals surface area contributed by atoms with Crippen molar-refractivity contribution < 1.29 is 4.79 Å². The summed E-state index contributed by atoms with van der Waals surface area (Å²) in [5.74, 6) is -0.198. The highest BCUT2D eigenvalue weighted by atomic mass is 79.9. The fraction of sp³-hybridized carbons (Fsp3) is 0.320. The molecule has 0 bridgehead atoms. The van der Waals surface area contributed by atoms with Crippen LogP contribution in [0.5, 0.6) is 0 Å². The van der Waals surface area contributed by atoms with Gasteiger partial charge in [0, 0.05) is 37.7 Å². The summed E-state index contributed by atoms with van der Waals surface area (Å²) >= 11 is 3.72. The lowest BCUT2D eigenvalue weighted by Crippen LogP contribution is -2.45. The van der Waals surface area contributed by atoms with Crippen molar-refractivity contribution in [1.29, 1.82) is 0 Å². The first-order valence-electron chi connectivity index (χ1n) is 11.4. The average molecular weight is 522 g/mol. The van der Waals surface area contributed by atoms with E-state index in [1.165, 1.54) is 6.42 Å². The van der Waals surface area contributed by atoms with Crippen LogP contribution in [0.25, 0.3) is 11.0 Å². The molecule has 0 radical (unpaired) electrons. The zero-order valence-electron chi connectivity index (χ0n) is 19.3. The second kappa shape index (κ2) is 9.60. The van der Waals surface area contributed by atoms with Crippen molar-refractivity contribution in [3.8, 4) is 0 Å². The van der Waals surface area contributed by atoms with Gasteiger partial charge in [0.1, 0.15) is 5.65 Å². The molecule has 1 amide bonds. The van der Waals surface area contributed by atoms with E-state index in [0.29, 0.717) is 23.8 Å². The first-order chi connectivity index (χ1) is 16.5. The third kappa shape index (κ3) is 4.58. The average Bonchev–Trinajstić information content (AvgIpc) is 3.47. The number of likely N-dealkylation sites (N-methyl/N-ethyl adjacent to an activating group) is 1. The molecule has 34 heavy (non-hydrogen) atoms. The summed E-state index contributed by atoms with van der Waals surface area (Å²) in [6, 6.07) is 10.5. The maximum atomic E-state index is 13.1. The van der Waals surface area contributed by atoms with Crippen LogP contribution in [-0.4, -0.2) is 63.8 Å². The van der Waals surface area contributed by atoms with Crippen LogP contribution in [0.2, 0.25) is 0 Å². The minimum atomic E-state index is -0.198. The number of nitrogens with zero attached hydrogens (tertiary/aromatic N) is 5. The van der Waals surface area contributed by atoms with Crippen molar-refractivity contribution in [2.45, 2.75) is 25.4 Å². The molecule has 8 nitrogen and oxygen atoms in total. The number of carbonyl (C=O) groups is 1. The minimum absolute atomic E-state index is 0.198. The fourth-order valence-corrected chi connectivity index (χ4v) is 5.13. The number of aromatic amines is 1. The van der Waals surface area contributed by atoms with Gasteiger partial charge < -0.3 is 20.1 Å². The van der Waals surface area contributed by atoms with Crippen molar-refractivity contribution in [3.05, 3.63) is 70.7 Å². The van der Waals surface area contributed by atoms with Crippen LogP contribution in [0.15, 0.2) is 59.6 Å². The van der Waals surface area contributed by atoms with Gasteiger partial charge in [-0.3, -0.25) is 9.48 Å². The number of carbonyl (C=O) groups excluding carboxylic acids is 1. The standard InChI is InChI=1S/C25H28BrN7O/c1-31(2)19-9-6-10-32(16-19)23-20(26)12-27-24-22(23)21(13-28-24)30-25(34)18-11-29-33(15-18)14-17-7-4-3-5-8-17/h3-5,7-8,11-13,15,19H,6,9-10,14,16H2,1-2H3,(H,27,28)(H,30,34). The Morgan fingerprint density at radius 3 is 2.88 bits per heavy atom.